The van der Waals surface area contributed by atoms with Crippen LogP contribution < -0.4 is 0 Å². The molecule has 38 heavy (non-hydrogen) atoms. The molecule has 5 fully saturated rings. The van der Waals surface area contributed by atoms with E-state index in [1.165, 1.54) is 37.1 Å². The lowest BCUT2D eigenvalue weighted by Gasteiger charge is -2.57. The zero-order valence-corrected chi connectivity index (χ0v) is 22.0. The van der Waals surface area contributed by atoms with Gasteiger partial charge in [-0.3, -0.25) is 4.79 Å². The van der Waals surface area contributed by atoms with Crippen molar-refractivity contribution in [2.24, 2.45) is 22.7 Å². The highest BCUT2D eigenvalue weighted by molar-refractivity contribution is 8.18. The second-order valence-electron chi connectivity index (χ2n) is 11.8. The van der Waals surface area contributed by atoms with E-state index in [1.54, 1.807) is 18.2 Å². The summed E-state index contributed by atoms with van der Waals surface area (Å²) in [5.74, 6) is 2.09. The molecule has 3 N–H and O–H groups in total. The Morgan fingerprint density at radius 1 is 0.921 bits per heavy atom. The number of phenolic OH excluding ortho intramolecular Hbond substituents is 3. The summed E-state index contributed by atoms with van der Waals surface area (Å²) >= 11 is 1.30. The maximum atomic E-state index is 12.7. The van der Waals surface area contributed by atoms with E-state index in [0.29, 0.717) is 53.3 Å². The second-order valence-corrected chi connectivity index (χ2v) is 12.8. The van der Waals surface area contributed by atoms with E-state index in [9.17, 15) is 20.1 Å². The van der Waals surface area contributed by atoms with Crippen LogP contribution in [0.5, 0.6) is 17.2 Å². The number of aromatic hydroxyl groups is 3. The van der Waals surface area contributed by atoms with Crippen LogP contribution in [0.1, 0.15) is 49.7 Å². The Morgan fingerprint density at radius 2 is 1.61 bits per heavy atom. The van der Waals surface area contributed by atoms with Crippen LogP contribution in [-0.4, -0.2) is 57.6 Å². The molecule has 4 bridgehead atoms. The van der Waals surface area contributed by atoms with Crippen molar-refractivity contribution in [3.05, 3.63) is 46.4 Å². The van der Waals surface area contributed by atoms with Crippen LogP contribution >= 0.6 is 11.8 Å². The molecule has 198 valence electrons. The van der Waals surface area contributed by atoms with Gasteiger partial charge in [-0.25, -0.2) is 0 Å². The Labute approximate surface area is 226 Å². The summed E-state index contributed by atoms with van der Waals surface area (Å²) < 4.78 is 5.40. The first kappa shape index (κ1) is 24.1. The molecule has 2 aromatic carbocycles. The van der Waals surface area contributed by atoms with Crippen molar-refractivity contribution in [1.82, 2.24) is 4.90 Å². The number of benzene rings is 2. The fraction of sp³-hybridized carbons (Fsp3) is 0.467. The van der Waals surface area contributed by atoms with Crippen LogP contribution in [0.3, 0.4) is 0 Å². The largest absolute Gasteiger partial charge is 0.508 e. The van der Waals surface area contributed by atoms with Gasteiger partial charge in [-0.05, 0) is 103 Å². The van der Waals surface area contributed by atoms with E-state index in [4.69, 9.17) is 4.74 Å². The fourth-order valence-electron chi connectivity index (χ4n) is 7.94. The van der Waals surface area contributed by atoms with Crippen LogP contribution in [0.4, 0.5) is 0 Å². The highest BCUT2D eigenvalue weighted by Crippen LogP contribution is 2.62. The number of hydrogen-bond donors (Lipinski definition) is 3. The third-order valence-electron chi connectivity index (χ3n) is 9.24. The summed E-state index contributed by atoms with van der Waals surface area (Å²) in [5, 5.41) is 33.1. The summed E-state index contributed by atoms with van der Waals surface area (Å²) in [6, 6.07) is 8.64. The number of carbonyl (C=O) groups is 1. The zero-order valence-electron chi connectivity index (χ0n) is 21.2. The van der Waals surface area contributed by atoms with Crippen LogP contribution in [-0.2, 0) is 14.9 Å². The van der Waals surface area contributed by atoms with Gasteiger partial charge in [0.2, 0.25) is 0 Å². The molecule has 0 spiro atoms. The number of hydrogen-bond acceptors (Lipinski definition) is 7. The number of amides is 1. The van der Waals surface area contributed by atoms with Crippen molar-refractivity contribution in [3.63, 3.8) is 0 Å². The molecular weight excluding hydrogens is 500 g/mol. The van der Waals surface area contributed by atoms with E-state index in [1.807, 2.05) is 17.0 Å². The Kier molecular flexibility index (Phi) is 5.74. The smallest absolute Gasteiger partial charge is 0.286 e. The molecule has 4 saturated carbocycles. The third-order valence-corrected chi connectivity index (χ3v) is 10.3. The number of carbonyl (C=O) groups excluding carboxylic acids is 1. The summed E-state index contributed by atoms with van der Waals surface area (Å²) in [5.41, 5.74) is 2.79. The van der Waals surface area contributed by atoms with Crippen LogP contribution in [0.2, 0.25) is 0 Å². The van der Waals surface area contributed by atoms with Crippen molar-refractivity contribution in [2.45, 2.75) is 43.9 Å². The SMILES string of the molecule is O=C1N=C(N2CCOCC2)S/C1=C/c1cc(-c2ccc(O)c(C34CC5CC(CC(C5)C3)C4)c2)c(O)cc1O. The van der Waals surface area contributed by atoms with Gasteiger partial charge in [0.25, 0.3) is 5.91 Å². The number of phenols is 3. The second kappa shape index (κ2) is 9.06. The molecule has 7 nitrogen and oxygen atoms in total. The third kappa shape index (κ3) is 4.09. The van der Waals surface area contributed by atoms with Gasteiger partial charge < -0.3 is 25.0 Å². The van der Waals surface area contributed by atoms with Gasteiger partial charge in [0.05, 0.1) is 18.1 Å². The van der Waals surface area contributed by atoms with Gasteiger partial charge >= 0.3 is 0 Å². The zero-order chi connectivity index (χ0) is 26.0. The van der Waals surface area contributed by atoms with Crippen LogP contribution in [0.15, 0.2) is 40.2 Å². The average molecular weight is 533 g/mol. The number of ether oxygens (including phenoxy) is 1. The molecular formula is C30H32N2O5S. The van der Waals surface area contributed by atoms with Crippen molar-refractivity contribution < 1.29 is 24.9 Å². The van der Waals surface area contributed by atoms with E-state index in [-0.39, 0.29) is 22.8 Å². The highest BCUT2D eigenvalue weighted by Gasteiger charge is 2.52. The minimum Gasteiger partial charge on any atom is -0.508 e. The molecule has 8 heteroatoms. The molecule has 0 atom stereocenters. The summed E-state index contributed by atoms with van der Waals surface area (Å²) in [4.78, 5) is 19.3. The molecule has 4 aliphatic carbocycles. The molecule has 0 radical (unpaired) electrons. The van der Waals surface area contributed by atoms with Gasteiger partial charge in [-0.2, -0.15) is 4.99 Å². The molecule has 6 aliphatic rings. The molecule has 0 unspecified atom stereocenters. The summed E-state index contributed by atoms with van der Waals surface area (Å²) in [6.07, 6.45) is 8.99. The van der Waals surface area contributed by atoms with Gasteiger partial charge in [-0.1, -0.05) is 6.07 Å². The predicted molar refractivity (Wildman–Crippen MR) is 147 cm³/mol. The van der Waals surface area contributed by atoms with Crippen molar-refractivity contribution in [3.8, 4) is 28.4 Å². The van der Waals surface area contributed by atoms with Crippen LogP contribution in [0, 0.1) is 17.8 Å². The number of nitrogens with zero attached hydrogens (tertiary/aromatic N) is 2. The lowest BCUT2D eigenvalue weighted by atomic mass is 9.48. The van der Waals surface area contributed by atoms with E-state index >= 15 is 0 Å². The van der Waals surface area contributed by atoms with Crippen molar-refractivity contribution >= 4 is 28.9 Å². The molecule has 1 saturated heterocycles. The molecule has 2 heterocycles. The number of thioether (sulfide) groups is 1. The number of amidine groups is 1. The Balaban J connectivity index is 1.21. The first-order chi connectivity index (χ1) is 18.4. The first-order valence-electron chi connectivity index (χ1n) is 13.6. The Hall–Kier alpha value is -2.97. The maximum absolute atomic E-state index is 12.7. The molecule has 0 aromatic heterocycles. The Bertz CT molecular complexity index is 1340. The first-order valence-corrected chi connectivity index (χ1v) is 14.4. The number of rotatable bonds is 3. The molecule has 1 amide bonds. The molecule has 2 aromatic rings. The van der Waals surface area contributed by atoms with Gasteiger partial charge in [0.1, 0.15) is 17.2 Å². The normalized spacial score (nSPS) is 31.3. The summed E-state index contributed by atoms with van der Waals surface area (Å²) in [7, 11) is 0. The van der Waals surface area contributed by atoms with E-state index in [0.717, 1.165) is 48.1 Å². The minimum atomic E-state index is -0.334. The van der Waals surface area contributed by atoms with E-state index < -0.39 is 0 Å². The van der Waals surface area contributed by atoms with Gasteiger partial charge in [-0.15, -0.1) is 0 Å². The quantitative estimate of drug-likeness (QED) is 0.465. The predicted octanol–water partition coefficient (Wildman–Crippen LogP) is 5.24. The fourth-order valence-corrected chi connectivity index (χ4v) is 8.89. The van der Waals surface area contributed by atoms with Gasteiger partial charge in [0, 0.05) is 35.8 Å². The maximum Gasteiger partial charge on any atom is 0.286 e. The summed E-state index contributed by atoms with van der Waals surface area (Å²) in [6.45, 7) is 2.58. The number of aliphatic imine (C=N–C) groups is 1. The lowest BCUT2D eigenvalue weighted by Crippen LogP contribution is -2.48. The minimum absolute atomic E-state index is 0.00628. The monoisotopic (exact) mass is 532 g/mol. The topological polar surface area (TPSA) is 103 Å². The lowest BCUT2D eigenvalue weighted by molar-refractivity contribution is -0.113. The molecule has 2 aliphatic heterocycles. The van der Waals surface area contributed by atoms with Gasteiger partial charge in [0.15, 0.2) is 5.17 Å². The number of morpholine rings is 1. The Morgan fingerprint density at radius 3 is 2.29 bits per heavy atom. The van der Waals surface area contributed by atoms with Crippen molar-refractivity contribution in [2.75, 3.05) is 26.3 Å². The standard InChI is InChI=1S/C30H32N2O5S/c33-24-2-1-20(11-23(24)30-14-17-7-18(15-30)9-19(8-17)16-30)22-10-21(25(34)13-26(22)35)12-27-28(36)31-29(38-27)32-3-5-37-6-4-32/h1-2,10-13,17-19,33-35H,3-9,14-16H2/b27-12+. The van der Waals surface area contributed by atoms with E-state index in [2.05, 4.69) is 4.99 Å². The average Bonchev–Trinajstić information content (AvgIpc) is 3.26. The molecule has 8 rings (SSSR count). The highest BCUT2D eigenvalue weighted by atomic mass is 32.2. The van der Waals surface area contributed by atoms with Crippen molar-refractivity contribution in [1.29, 1.82) is 0 Å². The van der Waals surface area contributed by atoms with Crippen LogP contribution in [0.25, 0.3) is 17.2 Å².